The Morgan fingerprint density at radius 1 is 1.43 bits per heavy atom. The molecule has 2 amide bonds. The average molecular weight is 342 g/mol. The van der Waals surface area contributed by atoms with Crippen LogP contribution >= 0.6 is 11.3 Å². The molecule has 1 aliphatic rings. The van der Waals surface area contributed by atoms with Crippen LogP contribution in [0.5, 0.6) is 0 Å². The van der Waals surface area contributed by atoms with Crippen LogP contribution in [0.25, 0.3) is 0 Å². The molecule has 2 rings (SSSR count). The summed E-state index contributed by atoms with van der Waals surface area (Å²) in [6.45, 7) is 3.08. The van der Waals surface area contributed by atoms with Crippen LogP contribution in [0, 0.1) is 5.92 Å². The topological polar surface area (TPSA) is 86.7 Å². The highest BCUT2D eigenvalue weighted by Crippen LogP contribution is 2.27. The van der Waals surface area contributed by atoms with Crippen LogP contribution in [-0.4, -0.2) is 52.6 Å². The molecule has 1 saturated heterocycles. The van der Waals surface area contributed by atoms with Crippen molar-refractivity contribution >= 4 is 29.1 Å². The van der Waals surface area contributed by atoms with Crippen molar-refractivity contribution < 1.29 is 23.9 Å². The van der Waals surface area contributed by atoms with Crippen molar-refractivity contribution in [1.29, 1.82) is 0 Å². The lowest BCUT2D eigenvalue weighted by molar-refractivity contribution is -0.150. The predicted molar refractivity (Wildman–Crippen MR) is 83.1 cm³/mol. The smallest absolute Gasteiger partial charge is 0.343 e. The van der Waals surface area contributed by atoms with Crippen molar-refractivity contribution in [1.82, 2.24) is 10.2 Å². The van der Waals surface area contributed by atoms with E-state index in [1.807, 2.05) is 0 Å². The van der Waals surface area contributed by atoms with Gasteiger partial charge in [0.25, 0.3) is 5.91 Å². The molecule has 0 spiro atoms. The van der Waals surface area contributed by atoms with E-state index < -0.39 is 30.1 Å². The van der Waals surface area contributed by atoms with Crippen molar-refractivity contribution in [2.45, 2.75) is 32.0 Å². The number of amides is 2. The van der Waals surface area contributed by atoms with Crippen molar-refractivity contribution in [2.75, 3.05) is 13.1 Å². The summed E-state index contributed by atoms with van der Waals surface area (Å²) in [4.78, 5) is 37.3. The maximum Gasteiger partial charge on any atom is 0.343 e. The van der Waals surface area contributed by atoms with E-state index in [0.717, 1.165) is 0 Å². The molecule has 2 heterocycles. The fraction of sp³-hybridized carbons (Fsp3) is 0.533. The zero-order valence-corrected chi connectivity index (χ0v) is 13.7. The van der Waals surface area contributed by atoms with Gasteiger partial charge in [0.05, 0.1) is 11.4 Å². The Balaban J connectivity index is 2.08. The van der Waals surface area contributed by atoms with Gasteiger partial charge in [-0.25, -0.2) is 9.18 Å². The van der Waals surface area contributed by atoms with Gasteiger partial charge in [-0.05, 0) is 17.4 Å². The molecule has 2 atom stereocenters. The number of nitrogens with one attached hydrogen (secondary N) is 1. The third-order valence-electron chi connectivity index (χ3n) is 3.88. The van der Waals surface area contributed by atoms with Crippen LogP contribution in [0.4, 0.5) is 4.39 Å². The first-order chi connectivity index (χ1) is 10.7. The lowest BCUT2D eigenvalue weighted by atomic mass is 10.0. The van der Waals surface area contributed by atoms with Gasteiger partial charge in [0, 0.05) is 13.0 Å². The fourth-order valence-electron chi connectivity index (χ4n) is 2.47. The Hall–Kier alpha value is -1.96. The molecule has 8 heteroatoms. The van der Waals surface area contributed by atoms with Gasteiger partial charge in [0.2, 0.25) is 11.6 Å². The van der Waals surface area contributed by atoms with Crippen molar-refractivity contribution in [3.63, 3.8) is 0 Å². The van der Waals surface area contributed by atoms with Crippen LogP contribution in [0.15, 0.2) is 17.5 Å². The molecule has 0 saturated carbocycles. The molecule has 2 N–H and O–H groups in total. The third-order valence-corrected chi connectivity index (χ3v) is 4.75. The van der Waals surface area contributed by atoms with Crippen LogP contribution in [0.1, 0.15) is 29.9 Å². The number of carbonyl (C=O) groups excluding carboxylic acids is 2. The highest BCUT2D eigenvalue weighted by Gasteiger charge is 2.48. The monoisotopic (exact) mass is 342 g/mol. The summed E-state index contributed by atoms with van der Waals surface area (Å²) in [5, 5.41) is 13.3. The minimum Gasteiger partial charge on any atom is -0.479 e. The normalized spacial score (nSPS) is 22.2. The van der Waals surface area contributed by atoms with Crippen LogP contribution in [-0.2, 0) is 9.59 Å². The predicted octanol–water partition coefficient (Wildman–Crippen LogP) is 1.53. The number of hydrogen-bond acceptors (Lipinski definition) is 4. The maximum absolute atomic E-state index is 14.1. The molecule has 1 aliphatic heterocycles. The number of rotatable bonds is 5. The second-order valence-corrected chi connectivity index (χ2v) is 6.90. The second-order valence-electron chi connectivity index (χ2n) is 5.95. The summed E-state index contributed by atoms with van der Waals surface area (Å²) in [7, 11) is 0. The number of likely N-dealkylation sites (tertiary alicyclic amines) is 1. The molecule has 23 heavy (non-hydrogen) atoms. The summed E-state index contributed by atoms with van der Waals surface area (Å²) in [6.07, 6.45) is -0.238. The summed E-state index contributed by atoms with van der Waals surface area (Å²) in [6, 6.07) is 2.56. The number of halogens is 1. The van der Waals surface area contributed by atoms with Crippen LogP contribution < -0.4 is 5.32 Å². The van der Waals surface area contributed by atoms with Crippen molar-refractivity contribution in [3.05, 3.63) is 22.4 Å². The fourth-order valence-corrected chi connectivity index (χ4v) is 3.09. The zero-order valence-electron chi connectivity index (χ0n) is 12.9. The first kappa shape index (κ1) is 17.4. The van der Waals surface area contributed by atoms with E-state index in [1.165, 1.54) is 16.2 Å². The minimum atomic E-state index is -2.41. The second kappa shape index (κ2) is 6.66. The maximum atomic E-state index is 14.1. The van der Waals surface area contributed by atoms with E-state index in [9.17, 15) is 18.8 Å². The molecule has 1 fully saturated rings. The van der Waals surface area contributed by atoms with Gasteiger partial charge in [-0.3, -0.25) is 9.59 Å². The standard InChI is InChI=1S/C15H19FN2O4S/c1-9(2)11(17-12(19)10-4-3-7-23-10)13(20)18-6-5-15(16,8-18)14(21)22/h3-4,7,9,11H,5-6,8H2,1-2H3,(H,17,19)(H,21,22). The molecule has 126 valence electrons. The Bertz CT molecular complexity index is 605. The van der Waals surface area contributed by atoms with Crippen molar-refractivity contribution in [2.24, 2.45) is 5.92 Å². The van der Waals surface area contributed by atoms with E-state index >= 15 is 0 Å². The van der Waals surface area contributed by atoms with Crippen LogP contribution in [0.2, 0.25) is 0 Å². The van der Waals surface area contributed by atoms with E-state index in [1.54, 1.807) is 31.4 Å². The molecule has 0 bridgehead atoms. The first-order valence-electron chi connectivity index (χ1n) is 7.30. The van der Waals surface area contributed by atoms with E-state index in [0.29, 0.717) is 4.88 Å². The third kappa shape index (κ3) is 3.69. The number of nitrogens with zero attached hydrogens (tertiary/aromatic N) is 1. The Morgan fingerprint density at radius 3 is 2.61 bits per heavy atom. The average Bonchev–Trinajstić information content (AvgIpc) is 3.13. The molecule has 1 aromatic heterocycles. The number of hydrogen-bond donors (Lipinski definition) is 2. The van der Waals surface area contributed by atoms with Gasteiger partial charge in [0.15, 0.2) is 0 Å². The lowest BCUT2D eigenvalue weighted by Crippen LogP contribution is -2.51. The Kier molecular flexibility index (Phi) is 5.03. The molecule has 2 unspecified atom stereocenters. The minimum absolute atomic E-state index is 0.0275. The molecule has 0 radical (unpaired) electrons. The SMILES string of the molecule is CC(C)C(NC(=O)c1cccs1)C(=O)N1CCC(F)(C(=O)O)C1. The van der Waals surface area contributed by atoms with Crippen molar-refractivity contribution in [3.8, 4) is 0 Å². The number of carboxylic acids is 1. The number of alkyl halides is 1. The van der Waals surface area contributed by atoms with Crippen LogP contribution in [0.3, 0.4) is 0 Å². The highest BCUT2D eigenvalue weighted by molar-refractivity contribution is 7.12. The quantitative estimate of drug-likeness (QED) is 0.849. The highest BCUT2D eigenvalue weighted by atomic mass is 32.1. The molecule has 6 nitrogen and oxygen atoms in total. The zero-order chi connectivity index (χ0) is 17.2. The molecule has 1 aromatic rings. The van der Waals surface area contributed by atoms with E-state index in [-0.39, 0.29) is 24.8 Å². The molecule has 0 aromatic carbocycles. The van der Waals surface area contributed by atoms with Gasteiger partial charge in [0.1, 0.15) is 6.04 Å². The van der Waals surface area contributed by atoms with E-state index in [2.05, 4.69) is 5.32 Å². The summed E-state index contributed by atoms with van der Waals surface area (Å²) >= 11 is 1.26. The van der Waals surface area contributed by atoms with Gasteiger partial charge in [-0.2, -0.15) is 0 Å². The number of carboxylic acid groups (broad SMARTS) is 1. The lowest BCUT2D eigenvalue weighted by Gasteiger charge is -2.27. The Labute approximate surface area is 137 Å². The summed E-state index contributed by atoms with van der Waals surface area (Å²) in [5.74, 6) is -2.58. The Morgan fingerprint density at radius 2 is 2.13 bits per heavy atom. The molecule has 0 aliphatic carbocycles. The molecular weight excluding hydrogens is 323 g/mol. The number of aliphatic carboxylic acids is 1. The summed E-state index contributed by atoms with van der Waals surface area (Å²) < 4.78 is 14.1. The largest absolute Gasteiger partial charge is 0.479 e. The molecular formula is C15H19FN2O4S. The van der Waals surface area contributed by atoms with Gasteiger partial charge >= 0.3 is 5.97 Å². The van der Waals surface area contributed by atoms with Gasteiger partial charge < -0.3 is 15.3 Å². The first-order valence-corrected chi connectivity index (χ1v) is 8.18. The number of carbonyl (C=O) groups is 3. The summed E-state index contributed by atoms with van der Waals surface area (Å²) in [5.41, 5.74) is -2.41. The van der Waals surface area contributed by atoms with Gasteiger partial charge in [-0.15, -0.1) is 11.3 Å². The van der Waals surface area contributed by atoms with E-state index in [4.69, 9.17) is 5.11 Å². The van der Waals surface area contributed by atoms with Gasteiger partial charge in [-0.1, -0.05) is 19.9 Å². The number of thiophene rings is 1.